The van der Waals surface area contributed by atoms with Gasteiger partial charge in [0.05, 0.1) is 10.1 Å². The van der Waals surface area contributed by atoms with Crippen LogP contribution in [-0.2, 0) is 4.43 Å². The highest BCUT2D eigenvalue weighted by molar-refractivity contribution is 14.1. The summed E-state index contributed by atoms with van der Waals surface area (Å²) in [5.41, 5.74) is 1.23. The van der Waals surface area contributed by atoms with Gasteiger partial charge >= 0.3 is 0 Å². The number of alkyl halides is 1. The van der Waals surface area contributed by atoms with Crippen LogP contribution >= 0.6 is 33.9 Å². The van der Waals surface area contributed by atoms with Crippen molar-refractivity contribution in [2.75, 3.05) is 0 Å². The molecule has 0 aliphatic heterocycles. The van der Waals surface area contributed by atoms with Crippen LogP contribution in [0.2, 0.25) is 0 Å². The molecule has 1 heterocycles. The lowest BCUT2D eigenvalue weighted by atomic mass is 10.2. The van der Waals surface area contributed by atoms with Crippen LogP contribution in [-0.4, -0.2) is 4.98 Å². The summed E-state index contributed by atoms with van der Waals surface area (Å²) in [5.74, 6) is 0.577. The first-order valence-corrected chi connectivity index (χ1v) is 5.65. The summed E-state index contributed by atoms with van der Waals surface area (Å²) >= 11 is 4.10. The summed E-state index contributed by atoms with van der Waals surface area (Å²) in [4.78, 5) is 4.44. The van der Waals surface area contributed by atoms with Crippen LogP contribution in [0.25, 0.3) is 0 Å². The molecule has 0 amide bonds. The predicted octanol–water partition coefficient (Wildman–Crippen LogP) is 3.20. The molecule has 0 fully saturated rings. The normalized spacial score (nSPS) is 10.8. The summed E-state index contributed by atoms with van der Waals surface area (Å²) in [5, 5.41) is 3.39. The topological polar surface area (TPSA) is 12.9 Å². The fourth-order valence-corrected chi connectivity index (χ4v) is 2.16. The maximum Gasteiger partial charge on any atom is 0.103 e. The number of hydrogen-bond donors (Lipinski definition) is 0. The number of hydrogen-bond acceptors (Lipinski definition) is 2. The smallest absolute Gasteiger partial charge is 0.103 e. The van der Waals surface area contributed by atoms with Gasteiger partial charge in [-0.1, -0.05) is 36.4 Å². The van der Waals surface area contributed by atoms with Crippen molar-refractivity contribution in [1.82, 2.24) is 4.98 Å². The maximum atomic E-state index is 4.44. The van der Waals surface area contributed by atoms with Crippen molar-refractivity contribution in [3.8, 4) is 0 Å². The SMILES string of the molecule is CC(C)c1csc(CI)n1. The van der Waals surface area contributed by atoms with Gasteiger partial charge in [0.2, 0.25) is 0 Å². The van der Waals surface area contributed by atoms with Gasteiger partial charge in [-0.15, -0.1) is 11.3 Å². The molecule has 3 heteroatoms. The highest BCUT2D eigenvalue weighted by atomic mass is 127. The second-order valence-electron chi connectivity index (χ2n) is 2.45. The molecule has 56 valence electrons. The number of aromatic nitrogens is 1. The Morgan fingerprint density at radius 1 is 1.70 bits per heavy atom. The molecule has 0 aliphatic carbocycles. The summed E-state index contributed by atoms with van der Waals surface area (Å²) in [6.07, 6.45) is 0. The second kappa shape index (κ2) is 3.67. The fraction of sp³-hybridized carbons (Fsp3) is 0.571. The van der Waals surface area contributed by atoms with Gasteiger partial charge in [-0.3, -0.25) is 0 Å². The molecule has 0 spiro atoms. The molecule has 1 aromatic rings. The molecule has 0 bridgehead atoms. The first kappa shape index (κ1) is 8.46. The average molecular weight is 267 g/mol. The second-order valence-corrected chi connectivity index (χ2v) is 4.16. The van der Waals surface area contributed by atoms with Gasteiger partial charge in [-0.25, -0.2) is 4.98 Å². The first-order valence-electron chi connectivity index (χ1n) is 3.24. The van der Waals surface area contributed by atoms with Crippen molar-refractivity contribution < 1.29 is 0 Å². The van der Waals surface area contributed by atoms with Crippen LogP contribution in [0, 0.1) is 0 Å². The number of rotatable bonds is 2. The van der Waals surface area contributed by atoms with E-state index in [-0.39, 0.29) is 0 Å². The standard InChI is InChI=1S/C7H10INS/c1-5(2)6-4-10-7(3-8)9-6/h4-5H,3H2,1-2H3. The van der Waals surface area contributed by atoms with Gasteiger partial charge < -0.3 is 0 Å². The Morgan fingerprint density at radius 2 is 2.40 bits per heavy atom. The quantitative estimate of drug-likeness (QED) is 0.592. The minimum absolute atomic E-state index is 0.577. The number of halogens is 1. The van der Waals surface area contributed by atoms with Crippen molar-refractivity contribution in [2.45, 2.75) is 24.2 Å². The Labute approximate surface area is 79.0 Å². The fourth-order valence-electron chi connectivity index (χ4n) is 0.652. The Hall–Kier alpha value is 0.360. The molecule has 1 rings (SSSR count). The minimum Gasteiger partial charge on any atom is -0.245 e. The van der Waals surface area contributed by atoms with E-state index in [0.29, 0.717) is 5.92 Å². The first-order chi connectivity index (χ1) is 4.74. The third-order valence-corrected chi connectivity index (χ3v) is 3.38. The van der Waals surface area contributed by atoms with Gasteiger partial charge in [-0.2, -0.15) is 0 Å². The highest BCUT2D eigenvalue weighted by Crippen LogP contribution is 2.19. The average Bonchev–Trinajstić information content (AvgIpc) is 2.34. The van der Waals surface area contributed by atoms with E-state index in [0.717, 1.165) is 4.43 Å². The Bertz CT molecular complexity index is 207. The molecule has 0 N–H and O–H groups in total. The van der Waals surface area contributed by atoms with Crippen LogP contribution in [0.1, 0.15) is 30.5 Å². The summed E-state index contributed by atoms with van der Waals surface area (Å²) in [7, 11) is 0. The lowest BCUT2D eigenvalue weighted by Gasteiger charge is -1.95. The lowest BCUT2D eigenvalue weighted by Crippen LogP contribution is -1.86. The van der Waals surface area contributed by atoms with Crippen molar-refractivity contribution >= 4 is 33.9 Å². The molecule has 1 nitrogen and oxygen atoms in total. The molecule has 0 saturated carbocycles. The van der Waals surface area contributed by atoms with E-state index in [1.165, 1.54) is 10.7 Å². The molecule has 0 aromatic carbocycles. The van der Waals surface area contributed by atoms with E-state index < -0.39 is 0 Å². The summed E-state index contributed by atoms with van der Waals surface area (Å²) < 4.78 is 1.04. The lowest BCUT2D eigenvalue weighted by molar-refractivity contribution is 0.828. The third kappa shape index (κ3) is 1.92. The van der Waals surface area contributed by atoms with Crippen LogP contribution < -0.4 is 0 Å². The van der Waals surface area contributed by atoms with Crippen molar-refractivity contribution in [1.29, 1.82) is 0 Å². The van der Waals surface area contributed by atoms with Crippen LogP contribution in [0.4, 0.5) is 0 Å². The monoisotopic (exact) mass is 267 g/mol. The Morgan fingerprint density at radius 3 is 2.70 bits per heavy atom. The molecule has 0 saturated heterocycles. The molecular formula is C7H10INS. The molecule has 0 aliphatic rings. The van der Waals surface area contributed by atoms with E-state index in [1.54, 1.807) is 11.3 Å². The van der Waals surface area contributed by atoms with Gasteiger partial charge in [0.15, 0.2) is 0 Å². The molecule has 0 radical (unpaired) electrons. The van der Waals surface area contributed by atoms with E-state index in [2.05, 4.69) is 46.8 Å². The molecular weight excluding hydrogens is 257 g/mol. The van der Waals surface area contributed by atoms with Crippen molar-refractivity contribution in [3.05, 3.63) is 16.1 Å². The maximum absolute atomic E-state index is 4.44. The van der Waals surface area contributed by atoms with Crippen LogP contribution in [0.15, 0.2) is 5.38 Å². The third-order valence-electron chi connectivity index (χ3n) is 1.28. The van der Waals surface area contributed by atoms with Crippen molar-refractivity contribution in [2.24, 2.45) is 0 Å². The zero-order valence-corrected chi connectivity index (χ0v) is 9.07. The van der Waals surface area contributed by atoms with Gasteiger partial charge in [0, 0.05) is 5.38 Å². The summed E-state index contributed by atoms with van der Waals surface area (Å²) in [6.45, 7) is 4.35. The van der Waals surface area contributed by atoms with Crippen LogP contribution in [0.3, 0.4) is 0 Å². The van der Waals surface area contributed by atoms with E-state index >= 15 is 0 Å². The number of nitrogens with zero attached hydrogens (tertiary/aromatic N) is 1. The zero-order valence-electron chi connectivity index (χ0n) is 6.10. The van der Waals surface area contributed by atoms with Gasteiger partial charge in [0.1, 0.15) is 5.01 Å². The Balaban J connectivity index is 2.78. The van der Waals surface area contributed by atoms with E-state index in [4.69, 9.17) is 0 Å². The van der Waals surface area contributed by atoms with Crippen molar-refractivity contribution in [3.63, 3.8) is 0 Å². The molecule has 1 aromatic heterocycles. The van der Waals surface area contributed by atoms with Gasteiger partial charge in [0.25, 0.3) is 0 Å². The predicted molar refractivity (Wildman–Crippen MR) is 53.9 cm³/mol. The largest absolute Gasteiger partial charge is 0.245 e. The molecule has 0 atom stereocenters. The van der Waals surface area contributed by atoms with Crippen LogP contribution in [0.5, 0.6) is 0 Å². The molecule has 0 unspecified atom stereocenters. The summed E-state index contributed by atoms with van der Waals surface area (Å²) in [6, 6.07) is 0. The van der Waals surface area contributed by atoms with E-state index in [9.17, 15) is 0 Å². The highest BCUT2D eigenvalue weighted by Gasteiger charge is 2.03. The zero-order chi connectivity index (χ0) is 7.56. The van der Waals surface area contributed by atoms with E-state index in [1.807, 2.05) is 0 Å². The molecule has 10 heavy (non-hydrogen) atoms. The minimum atomic E-state index is 0.577. The Kier molecular flexibility index (Phi) is 3.10. The van der Waals surface area contributed by atoms with Gasteiger partial charge in [-0.05, 0) is 5.92 Å². The number of thiazole rings is 1.